The summed E-state index contributed by atoms with van der Waals surface area (Å²) in [6.07, 6.45) is 0. The van der Waals surface area contributed by atoms with Gasteiger partial charge in [0, 0.05) is 12.1 Å². The highest BCUT2D eigenvalue weighted by Gasteiger charge is 2.22. The smallest absolute Gasteiger partial charge is 0.285 e. The van der Waals surface area contributed by atoms with Gasteiger partial charge in [0.1, 0.15) is 5.60 Å². The van der Waals surface area contributed by atoms with Crippen molar-refractivity contribution in [2.24, 2.45) is 0 Å². The molecule has 0 saturated carbocycles. The number of amidine groups is 1. The predicted molar refractivity (Wildman–Crippen MR) is 60.7 cm³/mol. The maximum Gasteiger partial charge on any atom is 0.285 e. The van der Waals surface area contributed by atoms with E-state index in [1.807, 2.05) is 25.7 Å². The van der Waals surface area contributed by atoms with Crippen LogP contribution in [0, 0.1) is 5.40 Å². The van der Waals surface area contributed by atoms with E-state index in [-0.39, 0.29) is 17.7 Å². The Morgan fingerprint density at radius 1 is 1.21 bits per heavy atom. The molecular formula is C11H24N2O. The molecular weight excluding hydrogens is 176 g/mol. The largest absolute Gasteiger partial charge is 0.460 e. The van der Waals surface area contributed by atoms with Crippen LogP contribution in [0.2, 0.25) is 1.41 Å². The van der Waals surface area contributed by atoms with Gasteiger partial charge in [-0.05, 0) is 48.5 Å². The lowest BCUT2D eigenvalue weighted by atomic mass is 10.2. The van der Waals surface area contributed by atoms with Gasteiger partial charge in [0.25, 0.3) is 6.02 Å². The van der Waals surface area contributed by atoms with E-state index in [0.717, 1.165) is 0 Å². The number of hydrogen-bond acceptors (Lipinski definition) is 2. The van der Waals surface area contributed by atoms with Gasteiger partial charge in [-0.1, -0.05) is 0 Å². The van der Waals surface area contributed by atoms with Crippen molar-refractivity contribution in [3.8, 4) is 0 Å². The average molecular weight is 200 g/mol. The van der Waals surface area contributed by atoms with E-state index in [1.165, 1.54) is 0 Å². The van der Waals surface area contributed by atoms with Crippen molar-refractivity contribution < 1.29 is 6.15 Å². The first-order valence-corrected chi connectivity index (χ1v) is 5.18. The first kappa shape index (κ1) is 11.3. The Hall–Kier alpha value is -0.730. The summed E-state index contributed by atoms with van der Waals surface area (Å²) in [5.41, 5.74) is -0.318. The van der Waals surface area contributed by atoms with Crippen molar-refractivity contribution in [3.05, 3.63) is 0 Å². The van der Waals surface area contributed by atoms with Crippen molar-refractivity contribution in [1.29, 1.82) is 5.40 Å². The number of hydrogen-bond donors (Lipinski definition) is 1. The number of nitrogens with zero attached hydrogens (tertiary/aromatic N) is 1. The third-order valence-electron chi connectivity index (χ3n) is 1.73. The van der Waals surface area contributed by atoms with Gasteiger partial charge in [-0.3, -0.25) is 5.40 Å². The summed E-state index contributed by atoms with van der Waals surface area (Å²) in [6, 6.07) is 0.945. The minimum absolute atomic E-state index is 0.274. The second kappa shape index (κ2) is 4.67. The third-order valence-corrected chi connectivity index (χ3v) is 1.73. The maximum absolute atomic E-state index is 7.18. The van der Waals surface area contributed by atoms with Crippen molar-refractivity contribution in [3.63, 3.8) is 0 Å². The standard InChI is InChI=1S/C11H24N2O/c1-8(2)13(9(3)4)10(12)14-11(5,6)7/h8-9,12H,1-7H3/b12-10-. The summed E-state index contributed by atoms with van der Waals surface area (Å²) in [6.45, 7) is 14.1. The van der Waals surface area contributed by atoms with E-state index in [2.05, 4.69) is 33.1 Å². The van der Waals surface area contributed by atoms with Crippen LogP contribution in [0.5, 0.6) is 0 Å². The zero-order valence-corrected chi connectivity index (χ0v) is 10.5. The van der Waals surface area contributed by atoms with Gasteiger partial charge in [-0.15, -0.1) is 0 Å². The maximum atomic E-state index is 7.18. The highest BCUT2D eigenvalue weighted by molar-refractivity contribution is 5.71. The zero-order chi connectivity index (χ0) is 12.2. The van der Waals surface area contributed by atoms with E-state index in [0.29, 0.717) is 6.02 Å². The van der Waals surface area contributed by atoms with Crippen LogP contribution in [0.15, 0.2) is 0 Å². The number of ether oxygens (including phenoxy) is 1. The van der Waals surface area contributed by atoms with Crippen LogP contribution >= 0.6 is 0 Å². The lowest BCUT2D eigenvalue weighted by Gasteiger charge is -2.35. The molecule has 0 atom stereocenters. The Morgan fingerprint density at radius 2 is 1.64 bits per heavy atom. The predicted octanol–water partition coefficient (Wildman–Crippen LogP) is 2.86. The summed E-state index contributed by atoms with van der Waals surface area (Å²) < 4.78 is 12.8. The highest BCUT2D eigenvalue weighted by atomic mass is 16.5. The van der Waals surface area contributed by atoms with E-state index in [4.69, 9.17) is 6.15 Å². The molecule has 0 aromatic rings. The molecule has 3 nitrogen and oxygen atoms in total. The van der Waals surface area contributed by atoms with Gasteiger partial charge >= 0.3 is 0 Å². The molecule has 0 spiro atoms. The second-order valence-corrected chi connectivity index (χ2v) is 5.09. The van der Waals surface area contributed by atoms with Gasteiger partial charge in [0.05, 0.1) is 0 Å². The molecule has 0 unspecified atom stereocenters. The molecule has 0 amide bonds. The van der Waals surface area contributed by atoms with Gasteiger partial charge in [0.15, 0.2) is 1.41 Å². The number of rotatable bonds is 2. The Morgan fingerprint density at radius 3 is 1.86 bits per heavy atom. The summed E-state index contributed by atoms with van der Waals surface area (Å²) in [7, 11) is 0. The summed E-state index contributed by atoms with van der Waals surface area (Å²) in [5, 5.41) is 3.49. The fourth-order valence-corrected chi connectivity index (χ4v) is 1.36. The first-order chi connectivity index (χ1) is 6.69. The highest BCUT2D eigenvalue weighted by Crippen LogP contribution is 2.13. The van der Waals surface area contributed by atoms with E-state index < -0.39 is 0 Å². The van der Waals surface area contributed by atoms with Crippen LogP contribution in [-0.2, 0) is 4.74 Å². The summed E-state index contributed by atoms with van der Waals surface area (Å²) in [4.78, 5) is 2.00. The lowest BCUT2D eigenvalue weighted by Crippen LogP contribution is -2.45. The van der Waals surface area contributed by atoms with Gasteiger partial charge in [0.2, 0.25) is 0 Å². The van der Waals surface area contributed by atoms with Crippen LogP contribution in [0.1, 0.15) is 48.5 Å². The van der Waals surface area contributed by atoms with E-state index in [9.17, 15) is 0 Å². The van der Waals surface area contributed by atoms with Crippen molar-refractivity contribution in [2.45, 2.75) is 66.2 Å². The SMILES string of the molecule is [H]/N=C(\OC(C)(C)C)N(C(C)C)C(C)C. The molecule has 0 radical (unpaired) electrons. The van der Waals surface area contributed by atoms with E-state index >= 15 is 0 Å². The summed E-state index contributed by atoms with van der Waals surface area (Å²) >= 11 is 0. The lowest BCUT2D eigenvalue weighted by molar-refractivity contribution is 0.0715. The van der Waals surface area contributed by atoms with E-state index in [1.54, 1.807) is 0 Å². The third kappa shape index (κ3) is 4.49. The van der Waals surface area contributed by atoms with Crippen LogP contribution in [0.4, 0.5) is 0 Å². The van der Waals surface area contributed by atoms with Gasteiger partial charge in [-0.25, -0.2) is 0 Å². The molecule has 0 aromatic heterocycles. The molecule has 84 valence electrons. The fraction of sp³-hybridized carbons (Fsp3) is 0.909. The van der Waals surface area contributed by atoms with Crippen LogP contribution in [-0.4, -0.2) is 28.6 Å². The molecule has 1 N–H and O–H groups in total. The van der Waals surface area contributed by atoms with Gasteiger partial charge in [-0.2, -0.15) is 0 Å². The zero-order valence-electron chi connectivity index (χ0n) is 11.5. The molecule has 0 fully saturated rings. The minimum atomic E-state index is -0.318. The normalized spacial score (nSPS) is 14.6. The molecule has 0 aromatic carbocycles. The topological polar surface area (TPSA) is 36.3 Å². The Bertz CT molecular complexity index is 211. The molecule has 0 rings (SSSR count). The Kier molecular flexibility index (Phi) is 3.78. The van der Waals surface area contributed by atoms with Crippen LogP contribution in [0.25, 0.3) is 0 Å². The molecule has 3 heteroatoms. The fourth-order valence-electron chi connectivity index (χ4n) is 1.36. The number of nitrogens with one attached hydrogen (secondary N) is 1. The van der Waals surface area contributed by atoms with Crippen molar-refractivity contribution in [1.82, 2.24) is 4.90 Å². The molecule has 14 heavy (non-hydrogen) atoms. The van der Waals surface area contributed by atoms with Gasteiger partial charge < -0.3 is 9.64 Å². The van der Waals surface area contributed by atoms with Crippen molar-refractivity contribution in [2.75, 3.05) is 0 Å². The molecule has 0 aliphatic heterocycles. The van der Waals surface area contributed by atoms with Crippen LogP contribution in [0.3, 0.4) is 0 Å². The molecule has 0 aliphatic rings. The monoisotopic (exact) mass is 200 g/mol. The quantitative estimate of drug-likeness (QED) is 0.549. The average Bonchev–Trinajstić information content (AvgIpc) is 1.98. The molecule has 0 aliphatic carbocycles. The Labute approximate surface area is 89.4 Å². The minimum Gasteiger partial charge on any atom is -0.460 e. The van der Waals surface area contributed by atoms with Crippen LogP contribution < -0.4 is 0 Å². The molecule has 0 saturated heterocycles. The first-order valence-electron chi connectivity index (χ1n) is 5.63. The Balaban J connectivity index is 4.78. The molecule has 0 bridgehead atoms. The second-order valence-electron chi connectivity index (χ2n) is 5.09. The van der Waals surface area contributed by atoms with Crippen molar-refractivity contribution >= 4 is 6.02 Å². The summed E-state index contributed by atoms with van der Waals surface area (Å²) in [5.74, 6) is 0. The molecule has 0 heterocycles.